The van der Waals surface area contributed by atoms with Crippen molar-refractivity contribution >= 4 is 0 Å². The first-order valence-corrected chi connectivity index (χ1v) is 5.26. The number of aryl methyl sites for hydroxylation is 1. The van der Waals surface area contributed by atoms with Gasteiger partial charge < -0.3 is 5.11 Å². The highest BCUT2D eigenvalue weighted by Crippen LogP contribution is 2.41. The van der Waals surface area contributed by atoms with Gasteiger partial charge in [0.2, 0.25) is 0 Å². The maximum absolute atomic E-state index is 9.84. The van der Waals surface area contributed by atoms with E-state index in [1.165, 1.54) is 12.0 Å². The molecule has 2 heteroatoms. The quantitative estimate of drug-likeness (QED) is 0.792. The third-order valence-corrected chi connectivity index (χ3v) is 3.06. The molecule has 2 nitrogen and oxygen atoms in total. The molecule has 1 aromatic rings. The number of aliphatic hydroxyl groups excluding tert-OH is 1. The summed E-state index contributed by atoms with van der Waals surface area (Å²) >= 11 is 0. The number of pyridine rings is 1. The summed E-state index contributed by atoms with van der Waals surface area (Å²) in [5.41, 5.74) is 2.17. The molecule has 1 N–H and O–H groups in total. The van der Waals surface area contributed by atoms with E-state index in [0.717, 1.165) is 5.69 Å². The lowest BCUT2D eigenvalue weighted by Gasteiger charge is -2.08. The van der Waals surface area contributed by atoms with Crippen molar-refractivity contribution in [1.29, 1.82) is 0 Å². The fraction of sp³-hybridized carbons (Fsp3) is 0.583. The Bertz CT molecular complexity index is 307. The number of hydrogen-bond donors (Lipinski definition) is 1. The van der Waals surface area contributed by atoms with E-state index in [1.807, 2.05) is 25.3 Å². The Labute approximate surface area is 85.0 Å². The van der Waals surface area contributed by atoms with Crippen molar-refractivity contribution < 1.29 is 5.11 Å². The van der Waals surface area contributed by atoms with E-state index in [-0.39, 0.29) is 6.10 Å². The molecule has 1 aliphatic carbocycles. The van der Waals surface area contributed by atoms with Gasteiger partial charge in [0.15, 0.2) is 0 Å². The van der Waals surface area contributed by atoms with Crippen LogP contribution in [0.15, 0.2) is 18.3 Å². The molecule has 1 saturated carbocycles. The van der Waals surface area contributed by atoms with E-state index in [4.69, 9.17) is 0 Å². The van der Waals surface area contributed by atoms with Gasteiger partial charge >= 0.3 is 0 Å². The lowest BCUT2D eigenvalue weighted by Crippen LogP contribution is -2.14. The highest BCUT2D eigenvalue weighted by molar-refractivity contribution is 5.13. The van der Waals surface area contributed by atoms with Crippen molar-refractivity contribution in [2.45, 2.75) is 32.8 Å². The molecule has 3 unspecified atom stereocenters. The maximum atomic E-state index is 9.84. The van der Waals surface area contributed by atoms with Gasteiger partial charge in [-0.25, -0.2) is 0 Å². The number of hydrogen-bond acceptors (Lipinski definition) is 2. The standard InChI is InChI=1S/C12H17NO/c1-8-3-4-10(13-7-8)6-12(14)11-5-9(11)2/h3-4,7,9,11-12,14H,5-6H2,1-2H3. The Balaban J connectivity index is 1.93. The molecule has 3 atom stereocenters. The van der Waals surface area contributed by atoms with Crippen molar-refractivity contribution in [3.63, 3.8) is 0 Å². The number of rotatable bonds is 3. The van der Waals surface area contributed by atoms with E-state index in [2.05, 4.69) is 11.9 Å². The van der Waals surface area contributed by atoms with Gasteiger partial charge in [-0.3, -0.25) is 4.98 Å². The second kappa shape index (κ2) is 3.70. The minimum absolute atomic E-state index is 0.194. The van der Waals surface area contributed by atoms with Crippen LogP contribution in [0.25, 0.3) is 0 Å². The molecule has 76 valence electrons. The third kappa shape index (κ3) is 2.13. The normalized spacial score (nSPS) is 27.4. The number of aromatic nitrogens is 1. The Hall–Kier alpha value is -0.890. The minimum Gasteiger partial charge on any atom is -0.392 e. The lowest BCUT2D eigenvalue weighted by atomic mass is 10.1. The van der Waals surface area contributed by atoms with Crippen LogP contribution < -0.4 is 0 Å². The molecule has 0 spiro atoms. The van der Waals surface area contributed by atoms with Crippen LogP contribution in [0.2, 0.25) is 0 Å². The maximum Gasteiger partial charge on any atom is 0.0626 e. The molecular weight excluding hydrogens is 174 g/mol. The minimum atomic E-state index is -0.194. The van der Waals surface area contributed by atoms with Crippen molar-refractivity contribution in [2.75, 3.05) is 0 Å². The van der Waals surface area contributed by atoms with Gasteiger partial charge in [-0.05, 0) is 36.8 Å². The Kier molecular flexibility index (Phi) is 2.55. The predicted molar refractivity (Wildman–Crippen MR) is 56.0 cm³/mol. The van der Waals surface area contributed by atoms with Gasteiger partial charge in [0.1, 0.15) is 0 Å². The van der Waals surface area contributed by atoms with Gasteiger partial charge in [-0.15, -0.1) is 0 Å². The van der Waals surface area contributed by atoms with E-state index in [0.29, 0.717) is 18.3 Å². The van der Waals surface area contributed by atoms with Gasteiger partial charge in [-0.2, -0.15) is 0 Å². The molecule has 0 bridgehead atoms. The largest absolute Gasteiger partial charge is 0.392 e. The topological polar surface area (TPSA) is 33.1 Å². The van der Waals surface area contributed by atoms with Gasteiger partial charge in [0, 0.05) is 18.3 Å². The molecule has 2 rings (SSSR count). The second-order valence-corrected chi connectivity index (χ2v) is 4.48. The van der Waals surface area contributed by atoms with Crippen LogP contribution in [0.4, 0.5) is 0 Å². The van der Waals surface area contributed by atoms with Crippen molar-refractivity contribution in [1.82, 2.24) is 4.98 Å². The summed E-state index contributed by atoms with van der Waals surface area (Å²) in [5, 5.41) is 9.84. The summed E-state index contributed by atoms with van der Waals surface area (Å²) in [6, 6.07) is 4.05. The van der Waals surface area contributed by atoms with Crippen LogP contribution in [0.5, 0.6) is 0 Å². The summed E-state index contributed by atoms with van der Waals surface area (Å²) in [5.74, 6) is 1.22. The average Bonchev–Trinajstić information content (AvgIpc) is 2.87. The second-order valence-electron chi connectivity index (χ2n) is 4.48. The van der Waals surface area contributed by atoms with Gasteiger partial charge in [-0.1, -0.05) is 13.0 Å². The first-order chi connectivity index (χ1) is 6.66. The van der Waals surface area contributed by atoms with Gasteiger partial charge in [0.25, 0.3) is 0 Å². The highest BCUT2D eigenvalue weighted by atomic mass is 16.3. The Morgan fingerprint density at radius 3 is 2.79 bits per heavy atom. The van der Waals surface area contributed by atoms with Crippen molar-refractivity contribution in [3.05, 3.63) is 29.6 Å². The van der Waals surface area contributed by atoms with Crippen molar-refractivity contribution in [3.8, 4) is 0 Å². The molecule has 14 heavy (non-hydrogen) atoms. The molecule has 0 amide bonds. The van der Waals surface area contributed by atoms with Crippen LogP contribution in [0.3, 0.4) is 0 Å². The summed E-state index contributed by atoms with van der Waals surface area (Å²) in [4.78, 5) is 4.29. The fourth-order valence-corrected chi connectivity index (χ4v) is 1.87. The summed E-state index contributed by atoms with van der Waals surface area (Å²) in [6.07, 6.45) is 3.54. The molecule has 0 radical (unpaired) electrons. The summed E-state index contributed by atoms with van der Waals surface area (Å²) in [6.45, 7) is 4.21. The van der Waals surface area contributed by atoms with Crippen LogP contribution in [0.1, 0.15) is 24.6 Å². The molecule has 0 saturated heterocycles. The first-order valence-electron chi connectivity index (χ1n) is 5.26. The monoisotopic (exact) mass is 191 g/mol. The van der Waals surface area contributed by atoms with Crippen LogP contribution >= 0.6 is 0 Å². The van der Waals surface area contributed by atoms with E-state index >= 15 is 0 Å². The summed E-state index contributed by atoms with van der Waals surface area (Å²) in [7, 11) is 0. The van der Waals surface area contributed by atoms with Crippen molar-refractivity contribution in [2.24, 2.45) is 11.8 Å². The zero-order valence-corrected chi connectivity index (χ0v) is 8.77. The first kappa shape index (κ1) is 9.66. The molecule has 0 aromatic carbocycles. The summed E-state index contributed by atoms with van der Waals surface area (Å²) < 4.78 is 0. The lowest BCUT2D eigenvalue weighted by molar-refractivity contribution is 0.145. The van der Waals surface area contributed by atoms with E-state index in [9.17, 15) is 5.11 Å². The van der Waals surface area contributed by atoms with Crippen LogP contribution in [-0.2, 0) is 6.42 Å². The molecule has 1 fully saturated rings. The fourth-order valence-electron chi connectivity index (χ4n) is 1.87. The van der Waals surface area contributed by atoms with Crippen LogP contribution in [0, 0.1) is 18.8 Å². The highest BCUT2D eigenvalue weighted by Gasteiger charge is 2.38. The molecule has 0 aliphatic heterocycles. The zero-order valence-electron chi connectivity index (χ0n) is 8.77. The molecule has 1 heterocycles. The van der Waals surface area contributed by atoms with E-state index < -0.39 is 0 Å². The average molecular weight is 191 g/mol. The molecule has 1 aromatic heterocycles. The molecular formula is C12H17NO. The molecule has 1 aliphatic rings. The third-order valence-electron chi connectivity index (χ3n) is 3.06. The van der Waals surface area contributed by atoms with Crippen LogP contribution in [-0.4, -0.2) is 16.2 Å². The number of nitrogens with zero attached hydrogens (tertiary/aromatic N) is 1. The number of aliphatic hydroxyl groups is 1. The smallest absolute Gasteiger partial charge is 0.0626 e. The van der Waals surface area contributed by atoms with Gasteiger partial charge in [0.05, 0.1) is 6.10 Å². The van der Waals surface area contributed by atoms with E-state index in [1.54, 1.807) is 0 Å². The Morgan fingerprint density at radius 1 is 1.57 bits per heavy atom. The SMILES string of the molecule is Cc1ccc(CC(O)C2CC2C)nc1. The predicted octanol–water partition coefficient (Wildman–Crippen LogP) is 1.95. The Morgan fingerprint density at radius 2 is 2.29 bits per heavy atom. The zero-order chi connectivity index (χ0) is 10.1.